The van der Waals surface area contributed by atoms with Crippen LogP contribution in [-0.4, -0.2) is 28.6 Å². The molecule has 22 heavy (non-hydrogen) atoms. The number of carbonyl (C=O) groups is 1. The molecule has 0 aliphatic heterocycles. The molecular weight excluding hydrogens is 322 g/mol. The van der Waals surface area contributed by atoms with Crippen molar-refractivity contribution in [3.05, 3.63) is 15.7 Å². The van der Waals surface area contributed by atoms with Crippen LogP contribution < -0.4 is 5.32 Å². The highest BCUT2D eigenvalue weighted by atomic mass is 35.5. The van der Waals surface area contributed by atoms with E-state index in [1.807, 2.05) is 6.92 Å². The molecule has 1 N–H and O–H groups in total. The fourth-order valence-electron chi connectivity index (χ4n) is 2.87. The Morgan fingerprint density at radius 3 is 2.82 bits per heavy atom. The lowest BCUT2D eigenvalue weighted by molar-refractivity contribution is 0.0531. The van der Waals surface area contributed by atoms with Gasteiger partial charge in [-0.15, -0.1) is 11.3 Å². The van der Waals surface area contributed by atoms with Gasteiger partial charge in [0.2, 0.25) is 5.28 Å². The van der Waals surface area contributed by atoms with Gasteiger partial charge >= 0.3 is 5.97 Å². The van der Waals surface area contributed by atoms with Crippen molar-refractivity contribution in [2.24, 2.45) is 0 Å². The maximum absolute atomic E-state index is 12.1. The van der Waals surface area contributed by atoms with Crippen molar-refractivity contribution in [1.29, 1.82) is 0 Å². The van der Waals surface area contributed by atoms with E-state index in [1.165, 1.54) is 24.2 Å². The summed E-state index contributed by atoms with van der Waals surface area (Å²) in [6, 6.07) is 0.416. The summed E-state index contributed by atoms with van der Waals surface area (Å²) in [5.74, 6) is 0.414. The Morgan fingerprint density at radius 2 is 2.14 bits per heavy atom. The summed E-state index contributed by atoms with van der Waals surface area (Å²) in [5.41, 5.74) is 0.857. The van der Waals surface area contributed by atoms with Crippen LogP contribution in [0.1, 0.15) is 47.8 Å². The topological polar surface area (TPSA) is 64.1 Å². The number of aryl methyl sites for hydroxylation is 1. The number of carbonyl (C=O) groups excluding carboxylic acids is 1. The van der Waals surface area contributed by atoms with Gasteiger partial charge in [-0.1, -0.05) is 12.8 Å². The molecule has 2 heterocycles. The predicted molar refractivity (Wildman–Crippen MR) is 89.0 cm³/mol. The molecule has 0 amide bonds. The SMILES string of the molecule is CCOC(=O)c1sc2nc(Cl)nc(NC3CCCC3)c2c1C. The van der Waals surface area contributed by atoms with Crippen molar-refractivity contribution < 1.29 is 9.53 Å². The number of hydrogen-bond acceptors (Lipinski definition) is 6. The van der Waals surface area contributed by atoms with Crippen LogP contribution in [0, 0.1) is 6.92 Å². The smallest absolute Gasteiger partial charge is 0.348 e. The van der Waals surface area contributed by atoms with Gasteiger partial charge in [-0.2, -0.15) is 0 Å². The monoisotopic (exact) mass is 339 g/mol. The molecule has 0 unspecified atom stereocenters. The van der Waals surface area contributed by atoms with Gasteiger partial charge in [0.15, 0.2) is 0 Å². The van der Waals surface area contributed by atoms with E-state index in [-0.39, 0.29) is 11.3 Å². The number of anilines is 1. The first-order chi connectivity index (χ1) is 10.6. The second kappa shape index (κ2) is 6.38. The van der Waals surface area contributed by atoms with E-state index in [9.17, 15) is 4.79 Å². The molecule has 2 aromatic heterocycles. The molecule has 0 radical (unpaired) electrons. The highest BCUT2D eigenvalue weighted by molar-refractivity contribution is 7.20. The quantitative estimate of drug-likeness (QED) is 0.668. The van der Waals surface area contributed by atoms with Crippen molar-refractivity contribution in [3.63, 3.8) is 0 Å². The minimum Gasteiger partial charge on any atom is -0.462 e. The lowest BCUT2D eigenvalue weighted by Crippen LogP contribution is -2.16. The van der Waals surface area contributed by atoms with Gasteiger partial charge in [-0.3, -0.25) is 0 Å². The van der Waals surface area contributed by atoms with Gasteiger partial charge in [0.1, 0.15) is 15.5 Å². The van der Waals surface area contributed by atoms with Crippen LogP contribution in [0.25, 0.3) is 10.2 Å². The van der Waals surface area contributed by atoms with Crippen molar-refractivity contribution in [3.8, 4) is 0 Å². The Morgan fingerprint density at radius 1 is 1.41 bits per heavy atom. The summed E-state index contributed by atoms with van der Waals surface area (Å²) in [5, 5.41) is 4.55. The average Bonchev–Trinajstić information content (AvgIpc) is 3.07. The molecule has 1 aliphatic carbocycles. The summed E-state index contributed by atoms with van der Waals surface area (Å²) < 4.78 is 5.11. The number of aromatic nitrogens is 2. The van der Waals surface area contributed by atoms with Crippen LogP contribution in [0.5, 0.6) is 0 Å². The first-order valence-electron chi connectivity index (χ1n) is 7.50. The molecule has 1 fully saturated rings. The van der Waals surface area contributed by atoms with Gasteiger partial charge in [0.05, 0.1) is 12.0 Å². The van der Waals surface area contributed by atoms with E-state index in [4.69, 9.17) is 16.3 Å². The zero-order valence-electron chi connectivity index (χ0n) is 12.6. The predicted octanol–water partition coefficient (Wildman–Crippen LogP) is 4.18. The van der Waals surface area contributed by atoms with E-state index in [0.717, 1.165) is 34.4 Å². The molecule has 2 aromatic rings. The van der Waals surface area contributed by atoms with Gasteiger partial charge in [0.25, 0.3) is 0 Å². The second-order valence-electron chi connectivity index (χ2n) is 5.42. The number of hydrogen-bond donors (Lipinski definition) is 1. The zero-order chi connectivity index (χ0) is 15.7. The second-order valence-corrected chi connectivity index (χ2v) is 6.76. The minimum atomic E-state index is -0.314. The minimum absolute atomic E-state index is 0.199. The van der Waals surface area contributed by atoms with E-state index in [0.29, 0.717) is 17.5 Å². The number of ether oxygens (including phenoxy) is 1. The molecule has 5 nitrogen and oxygen atoms in total. The third-order valence-electron chi connectivity index (χ3n) is 3.92. The Hall–Kier alpha value is -1.40. The standard InChI is InChI=1S/C15H18ClN3O2S/c1-3-21-14(20)11-8(2)10-12(17-9-6-4-5-7-9)18-15(16)19-13(10)22-11/h9H,3-7H2,1-2H3,(H,17,18,19). The van der Waals surface area contributed by atoms with Crippen LogP contribution in [0.15, 0.2) is 0 Å². The molecule has 0 spiro atoms. The Bertz CT molecular complexity index is 710. The van der Waals surface area contributed by atoms with Crippen LogP contribution in [0.4, 0.5) is 5.82 Å². The van der Waals surface area contributed by atoms with Crippen LogP contribution in [0.2, 0.25) is 5.28 Å². The Kier molecular flexibility index (Phi) is 4.49. The number of rotatable bonds is 4. The number of esters is 1. The van der Waals surface area contributed by atoms with Gasteiger partial charge in [-0.05, 0) is 43.9 Å². The number of halogens is 1. The van der Waals surface area contributed by atoms with Crippen molar-refractivity contribution in [2.75, 3.05) is 11.9 Å². The third-order valence-corrected chi connectivity index (χ3v) is 5.25. The molecule has 0 saturated heterocycles. The van der Waals surface area contributed by atoms with Crippen molar-refractivity contribution in [2.45, 2.75) is 45.6 Å². The number of thiophene rings is 1. The van der Waals surface area contributed by atoms with Gasteiger partial charge in [-0.25, -0.2) is 14.8 Å². The third kappa shape index (κ3) is 2.90. The summed E-state index contributed by atoms with van der Waals surface area (Å²) in [7, 11) is 0. The summed E-state index contributed by atoms with van der Waals surface area (Å²) in [6.07, 6.45) is 4.74. The van der Waals surface area contributed by atoms with Crippen molar-refractivity contribution in [1.82, 2.24) is 9.97 Å². The lowest BCUT2D eigenvalue weighted by Gasteiger charge is -2.13. The lowest BCUT2D eigenvalue weighted by atomic mass is 10.2. The Balaban J connectivity index is 2.05. The molecular formula is C15H18ClN3O2S. The molecule has 7 heteroatoms. The van der Waals surface area contributed by atoms with E-state index in [2.05, 4.69) is 15.3 Å². The van der Waals surface area contributed by atoms with E-state index >= 15 is 0 Å². The molecule has 1 aliphatic rings. The van der Waals surface area contributed by atoms with E-state index in [1.54, 1.807) is 6.92 Å². The van der Waals surface area contributed by atoms with Crippen LogP contribution >= 0.6 is 22.9 Å². The fraction of sp³-hybridized carbons (Fsp3) is 0.533. The highest BCUT2D eigenvalue weighted by Gasteiger charge is 2.23. The molecule has 118 valence electrons. The van der Waals surface area contributed by atoms with Crippen LogP contribution in [0.3, 0.4) is 0 Å². The number of nitrogens with zero attached hydrogens (tertiary/aromatic N) is 2. The first-order valence-corrected chi connectivity index (χ1v) is 8.70. The first kappa shape index (κ1) is 15.5. The highest BCUT2D eigenvalue weighted by Crippen LogP contribution is 2.36. The molecule has 1 saturated carbocycles. The Labute approximate surface area is 138 Å². The van der Waals surface area contributed by atoms with Gasteiger partial charge in [0, 0.05) is 6.04 Å². The van der Waals surface area contributed by atoms with Crippen molar-refractivity contribution >= 4 is 44.9 Å². The maximum atomic E-state index is 12.1. The number of nitrogens with one attached hydrogen (secondary N) is 1. The zero-order valence-corrected chi connectivity index (χ0v) is 14.2. The largest absolute Gasteiger partial charge is 0.462 e. The maximum Gasteiger partial charge on any atom is 0.348 e. The van der Waals surface area contributed by atoms with Gasteiger partial charge < -0.3 is 10.1 Å². The summed E-state index contributed by atoms with van der Waals surface area (Å²) >= 11 is 7.35. The molecule has 3 rings (SSSR count). The van der Waals surface area contributed by atoms with E-state index < -0.39 is 0 Å². The number of fused-ring (bicyclic) bond motifs is 1. The summed E-state index contributed by atoms with van der Waals surface area (Å²) in [6.45, 7) is 4.05. The molecule has 0 atom stereocenters. The van der Waals surface area contributed by atoms with Crippen LogP contribution in [-0.2, 0) is 4.74 Å². The average molecular weight is 340 g/mol. The fourth-order valence-corrected chi connectivity index (χ4v) is 4.17. The summed E-state index contributed by atoms with van der Waals surface area (Å²) in [4.78, 5) is 22.0. The molecule has 0 bridgehead atoms. The molecule has 0 aromatic carbocycles. The normalized spacial score (nSPS) is 15.4.